The summed E-state index contributed by atoms with van der Waals surface area (Å²) in [5, 5.41) is 4.21. The second kappa shape index (κ2) is 5.00. The fourth-order valence-electron chi connectivity index (χ4n) is 1.58. The fourth-order valence-corrected chi connectivity index (χ4v) is 2.64. The zero-order chi connectivity index (χ0) is 10.7. The molecule has 0 radical (unpaired) electrons. The van der Waals surface area contributed by atoms with Gasteiger partial charge in [-0.05, 0) is 11.8 Å². The maximum atomic E-state index is 5.62. The second-order valence-electron chi connectivity index (χ2n) is 4.08. The minimum atomic E-state index is 0.648. The Morgan fingerprint density at radius 2 is 2.14 bits per heavy atom. The van der Waals surface area contributed by atoms with Crippen LogP contribution in [0.15, 0.2) is 12.4 Å². The largest absolute Gasteiger partial charge is 0.396 e. The fraction of sp³-hybridized carbons (Fsp3) is 0.700. The van der Waals surface area contributed by atoms with Crippen LogP contribution in [0, 0.1) is 11.8 Å². The first-order valence-corrected chi connectivity index (χ1v) is 6.17. The van der Waals surface area contributed by atoms with Gasteiger partial charge in [0.05, 0.1) is 11.9 Å². The lowest BCUT2D eigenvalue weighted by atomic mass is 9.93. The lowest BCUT2D eigenvalue weighted by Crippen LogP contribution is -2.23. The van der Waals surface area contributed by atoms with E-state index in [9.17, 15) is 0 Å². The number of aromatic nitrogens is 2. The van der Waals surface area contributed by atoms with Crippen molar-refractivity contribution in [1.29, 1.82) is 0 Å². The molecule has 0 aliphatic carbocycles. The van der Waals surface area contributed by atoms with E-state index in [0.717, 1.165) is 12.2 Å². The Hall–Kier alpha value is -0.260. The van der Waals surface area contributed by atoms with E-state index in [1.807, 2.05) is 10.9 Å². The highest BCUT2D eigenvalue weighted by atomic mass is 127. The first-order chi connectivity index (χ1) is 6.50. The van der Waals surface area contributed by atoms with Gasteiger partial charge in [-0.15, -0.1) is 0 Å². The summed E-state index contributed by atoms with van der Waals surface area (Å²) in [5.74, 6) is 1.32. The number of nitrogens with two attached hydrogens (primary N) is 1. The van der Waals surface area contributed by atoms with E-state index >= 15 is 0 Å². The maximum Gasteiger partial charge on any atom is 0.0719 e. The number of rotatable bonds is 4. The molecular weight excluding hydrogens is 289 g/mol. The van der Waals surface area contributed by atoms with Crippen molar-refractivity contribution in [3.05, 3.63) is 12.4 Å². The van der Waals surface area contributed by atoms with Gasteiger partial charge in [-0.1, -0.05) is 43.4 Å². The number of halogens is 1. The first kappa shape index (κ1) is 11.8. The van der Waals surface area contributed by atoms with Gasteiger partial charge in [-0.25, -0.2) is 0 Å². The third-order valence-corrected chi connectivity index (χ3v) is 3.42. The Balaban J connectivity index is 2.64. The van der Waals surface area contributed by atoms with Crippen molar-refractivity contribution in [2.45, 2.75) is 31.2 Å². The minimum Gasteiger partial charge on any atom is -0.396 e. The molecule has 2 N–H and O–H groups in total. The van der Waals surface area contributed by atoms with Crippen LogP contribution >= 0.6 is 22.6 Å². The number of nitrogen functional groups attached to an aromatic ring is 1. The zero-order valence-corrected chi connectivity index (χ0v) is 11.1. The number of nitrogens with zero attached hydrogens (tertiary/aromatic N) is 2. The third-order valence-electron chi connectivity index (χ3n) is 2.50. The highest BCUT2D eigenvalue weighted by molar-refractivity contribution is 14.1. The van der Waals surface area contributed by atoms with E-state index in [0.29, 0.717) is 15.8 Å². The predicted octanol–water partition coefficient (Wildman–Crippen LogP) is 2.56. The molecule has 1 heterocycles. The predicted molar refractivity (Wildman–Crippen MR) is 68.4 cm³/mol. The Bertz CT molecular complexity index is 273. The summed E-state index contributed by atoms with van der Waals surface area (Å²) in [6, 6.07) is 0. The first-order valence-electron chi connectivity index (χ1n) is 4.92. The van der Waals surface area contributed by atoms with Crippen molar-refractivity contribution < 1.29 is 0 Å². The maximum absolute atomic E-state index is 5.62. The Labute approximate surface area is 99.2 Å². The quantitative estimate of drug-likeness (QED) is 0.686. The molecule has 4 heteroatoms. The molecule has 3 nitrogen and oxygen atoms in total. The van der Waals surface area contributed by atoms with Crippen LogP contribution in [0.2, 0.25) is 0 Å². The van der Waals surface area contributed by atoms with Gasteiger partial charge in [0.15, 0.2) is 0 Å². The summed E-state index contributed by atoms with van der Waals surface area (Å²) in [6.07, 6.45) is 3.60. The highest BCUT2D eigenvalue weighted by Gasteiger charge is 2.19. The molecule has 0 saturated heterocycles. The summed E-state index contributed by atoms with van der Waals surface area (Å²) in [6.45, 7) is 7.72. The third kappa shape index (κ3) is 3.15. The van der Waals surface area contributed by atoms with Crippen LogP contribution in [0.4, 0.5) is 5.69 Å². The number of hydrogen-bond donors (Lipinski definition) is 1. The second-order valence-corrected chi connectivity index (χ2v) is 6.05. The molecule has 1 aromatic heterocycles. The molecule has 0 aliphatic heterocycles. The Kier molecular flexibility index (Phi) is 4.22. The topological polar surface area (TPSA) is 43.8 Å². The Morgan fingerprint density at radius 3 is 2.50 bits per heavy atom. The molecule has 2 atom stereocenters. The molecular formula is C10H18IN3. The lowest BCUT2D eigenvalue weighted by molar-refractivity contribution is 0.326. The number of hydrogen-bond acceptors (Lipinski definition) is 2. The van der Waals surface area contributed by atoms with Crippen LogP contribution in [0.25, 0.3) is 0 Å². The molecule has 1 rings (SSSR count). The van der Waals surface area contributed by atoms with Crippen LogP contribution in [0.5, 0.6) is 0 Å². The molecule has 1 aromatic rings. The van der Waals surface area contributed by atoms with Crippen LogP contribution < -0.4 is 5.73 Å². The van der Waals surface area contributed by atoms with Crippen molar-refractivity contribution in [3.8, 4) is 0 Å². The standard InChI is InChI=1S/C10H18IN3/c1-7(2)10(8(3)11)6-14-5-9(12)4-13-14/h4-5,7-8,10H,6,12H2,1-3H3. The molecule has 14 heavy (non-hydrogen) atoms. The normalized spacial score (nSPS) is 15.8. The molecule has 80 valence electrons. The van der Waals surface area contributed by atoms with E-state index in [-0.39, 0.29) is 0 Å². The molecule has 0 aliphatic rings. The molecule has 2 unspecified atom stereocenters. The average Bonchev–Trinajstić information content (AvgIpc) is 2.46. The minimum absolute atomic E-state index is 0.648. The summed E-state index contributed by atoms with van der Waals surface area (Å²) in [4.78, 5) is 0. The van der Waals surface area contributed by atoms with Crippen LogP contribution in [-0.2, 0) is 6.54 Å². The number of alkyl halides is 1. The molecule has 0 aromatic carbocycles. The molecule has 0 spiro atoms. The lowest BCUT2D eigenvalue weighted by Gasteiger charge is -2.23. The monoisotopic (exact) mass is 307 g/mol. The molecule has 0 bridgehead atoms. The summed E-state index contributed by atoms with van der Waals surface area (Å²) in [5.41, 5.74) is 6.37. The van der Waals surface area contributed by atoms with Crippen LogP contribution in [0.1, 0.15) is 20.8 Å². The van der Waals surface area contributed by atoms with E-state index < -0.39 is 0 Å². The van der Waals surface area contributed by atoms with E-state index in [2.05, 4.69) is 48.5 Å². The van der Waals surface area contributed by atoms with Gasteiger partial charge < -0.3 is 5.73 Å². The van der Waals surface area contributed by atoms with Crippen molar-refractivity contribution in [2.24, 2.45) is 11.8 Å². The zero-order valence-electron chi connectivity index (χ0n) is 8.94. The van der Waals surface area contributed by atoms with Crippen LogP contribution in [-0.4, -0.2) is 13.7 Å². The van der Waals surface area contributed by atoms with E-state index in [1.54, 1.807) is 6.20 Å². The SMILES string of the molecule is CC(C)C(Cn1cc(N)cn1)C(C)I. The van der Waals surface area contributed by atoms with Gasteiger partial charge in [0.1, 0.15) is 0 Å². The van der Waals surface area contributed by atoms with Crippen molar-refractivity contribution in [1.82, 2.24) is 9.78 Å². The van der Waals surface area contributed by atoms with Gasteiger partial charge in [0.2, 0.25) is 0 Å². The summed E-state index contributed by atoms with van der Waals surface area (Å²) in [7, 11) is 0. The van der Waals surface area contributed by atoms with Gasteiger partial charge in [0, 0.05) is 16.7 Å². The summed E-state index contributed by atoms with van der Waals surface area (Å²) >= 11 is 2.48. The highest BCUT2D eigenvalue weighted by Crippen LogP contribution is 2.23. The van der Waals surface area contributed by atoms with Crippen molar-refractivity contribution >= 4 is 28.3 Å². The van der Waals surface area contributed by atoms with Crippen LogP contribution in [0.3, 0.4) is 0 Å². The molecule has 0 amide bonds. The van der Waals surface area contributed by atoms with Gasteiger partial charge >= 0.3 is 0 Å². The molecule has 0 fully saturated rings. The van der Waals surface area contributed by atoms with Gasteiger partial charge in [0.25, 0.3) is 0 Å². The number of anilines is 1. The van der Waals surface area contributed by atoms with E-state index in [4.69, 9.17) is 5.73 Å². The van der Waals surface area contributed by atoms with Gasteiger partial charge in [-0.3, -0.25) is 4.68 Å². The molecule has 0 saturated carbocycles. The van der Waals surface area contributed by atoms with E-state index in [1.165, 1.54) is 0 Å². The summed E-state index contributed by atoms with van der Waals surface area (Å²) < 4.78 is 2.59. The smallest absolute Gasteiger partial charge is 0.0719 e. The average molecular weight is 307 g/mol. The van der Waals surface area contributed by atoms with Gasteiger partial charge in [-0.2, -0.15) is 5.10 Å². The Morgan fingerprint density at radius 1 is 1.50 bits per heavy atom. The van der Waals surface area contributed by atoms with Crippen molar-refractivity contribution in [3.63, 3.8) is 0 Å². The van der Waals surface area contributed by atoms with Crippen molar-refractivity contribution in [2.75, 3.05) is 5.73 Å².